The van der Waals surface area contributed by atoms with Crippen LogP contribution in [0, 0.1) is 0 Å². The summed E-state index contributed by atoms with van der Waals surface area (Å²) in [6, 6.07) is 68.3. The van der Waals surface area contributed by atoms with Crippen molar-refractivity contribution in [3.05, 3.63) is 223 Å². The van der Waals surface area contributed by atoms with Gasteiger partial charge in [0, 0.05) is 73.3 Å². The Labute approximate surface area is 334 Å². The predicted octanol–water partition coefficient (Wildman–Crippen LogP) is 12.8. The van der Waals surface area contributed by atoms with Gasteiger partial charge in [0.05, 0.1) is 44.8 Å². The summed E-state index contributed by atoms with van der Waals surface area (Å²) in [5.74, 6) is 0. The van der Waals surface area contributed by atoms with Gasteiger partial charge in [0.25, 0.3) is 0 Å². The Balaban J connectivity index is 1.19. The van der Waals surface area contributed by atoms with Gasteiger partial charge in [-0.05, 0) is 84.9 Å². The molecule has 7 aromatic carbocycles. The Bertz CT molecular complexity index is 3160. The number of para-hydroxylation sites is 5. The van der Waals surface area contributed by atoms with E-state index in [4.69, 9.17) is 9.97 Å². The Morgan fingerprint density at radius 3 is 1.17 bits per heavy atom. The smallest absolute Gasteiger partial charge is 0.110 e. The summed E-state index contributed by atoms with van der Waals surface area (Å²) in [6.45, 7) is 0. The Morgan fingerprint density at radius 1 is 0.345 bits per heavy atom. The molecule has 2 aliphatic rings. The van der Waals surface area contributed by atoms with E-state index >= 15 is 0 Å². The lowest BCUT2D eigenvalue weighted by Gasteiger charge is -2.44. The van der Waals surface area contributed by atoms with E-state index in [-0.39, 0.29) is 0 Å². The molecule has 270 valence electrons. The minimum absolute atomic E-state index is 0.841. The molecule has 1 aliphatic heterocycles. The molecule has 0 bridgehead atoms. The molecule has 0 fully saturated rings. The van der Waals surface area contributed by atoms with E-state index in [1.165, 1.54) is 43.6 Å². The number of hydrogen-bond donors (Lipinski definition) is 0. The van der Waals surface area contributed by atoms with Crippen molar-refractivity contribution in [2.45, 2.75) is 5.41 Å². The van der Waals surface area contributed by atoms with Gasteiger partial charge in [-0.2, -0.15) is 0 Å². The summed E-state index contributed by atoms with van der Waals surface area (Å²) in [5.41, 5.74) is 15.8. The number of hydrogen-bond acceptors (Lipinski definition) is 3. The van der Waals surface area contributed by atoms with Crippen molar-refractivity contribution in [3.8, 4) is 22.5 Å². The molecule has 11 aromatic rings. The van der Waals surface area contributed by atoms with Crippen LogP contribution in [0.1, 0.15) is 22.5 Å². The van der Waals surface area contributed by atoms with Crippen LogP contribution in [0.2, 0.25) is 0 Å². The Kier molecular flexibility index (Phi) is 6.31. The van der Waals surface area contributed by atoms with Gasteiger partial charge in [-0.1, -0.05) is 103 Å². The zero-order chi connectivity index (χ0) is 38.0. The average Bonchev–Trinajstić information content (AvgIpc) is 3.92. The molecule has 13 rings (SSSR count). The third-order valence-electron chi connectivity index (χ3n) is 12.6. The van der Waals surface area contributed by atoms with Crippen molar-refractivity contribution in [2.24, 2.45) is 0 Å². The molecule has 58 heavy (non-hydrogen) atoms. The molecule has 0 saturated heterocycles. The first-order valence-corrected chi connectivity index (χ1v) is 19.8. The van der Waals surface area contributed by atoms with Crippen molar-refractivity contribution in [1.29, 1.82) is 0 Å². The van der Waals surface area contributed by atoms with Crippen molar-refractivity contribution in [3.63, 3.8) is 0 Å². The van der Waals surface area contributed by atoms with Crippen LogP contribution in [-0.4, -0.2) is 19.1 Å². The Morgan fingerprint density at radius 2 is 0.741 bits per heavy atom. The molecule has 0 radical (unpaired) electrons. The van der Waals surface area contributed by atoms with Gasteiger partial charge < -0.3 is 14.0 Å². The van der Waals surface area contributed by atoms with E-state index in [0.29, 0.717) is 0 Å². The summed E-state index contributed by atoms with van der Waals surface area (Å²) >= 11 is 0. The van der Waals surface area contributed by atoms with E-state index in [9.17, 15) is 0 Å². The van der Waals surface area contributed by atoms with Gasteiger partial charge in [0.15, 0.2) is 0 Å². The van der Waals surface area contributed by atoms with Crippen molar-refractivity contribution >= 4 is 60.7 Å². The quantitative estimate of drug-likeness (QED) is 0.181. The van der Waals surface area contributed by atoms with E-state index in [2.05, 4.69) is 202 Å². The highest BCUT2D eigenvalue weighted by molar-refractivity contribution is 6.10. The van der Waals surface area contributed by atoms with Gasteiger partial charge in [0.1, 0.15) is 5.41 Å². The minimum atomic E-state index is -0.841. The van der Waals surface area contributed by atoms with Gasteiger partial charge in [-0.3, -0.25) is 9.97 Å². The second kappa shape index (κ2) is 11.6. The molecule has 5 heteroatoms. The first-order valence-electron chi connectivity index (χ1n) is 19.8. The lowest BCUT2D eigenvalue weighted by Crippen LogP contribution is -2.37. The third kappa shape index (κ3) is 3.99. The number of anilines is 3. The maximum absolute atomic E-state index is 5.36. The van der Waals surface area contributed by atoms with Crippen LogP contribution in [0.4, 0.5) is 17.1 Å². The van der Waals surface area contributed by atoms with Gasteiger partial charge in [-0.25, -0.2) is 0 Å². The monoisotopic (exact) mass is 739 g/mol. The molecule has 4 aromatic heterocycles. The zero-order valence-corrected chi connectivity index (χ0v) is 31.3. The molecule has 5 heterocycles. The van der Waals surface area contributed by atoms with Crippen molar-refractivity contribution < 1.29 is 0 Å². The maximum atomic E-state index is 5.36. The van der Waals surface area contributed by atoms with E-state index in [1.807, 2.05) is 12.4 Å². The second-order valence-electron chi connectivity index (χ2n) is 15.4. The molecule has 0 N–H and O–H groups in total. The summed E-state index contributed by atoms with van der Waals surface area (Å²) < 4.78 is 4.84. The van der Waals surface area contributed by atoms with E-state index in [0.717, 1.165) is 62.1 Å². The fourth-order valence-electron chi connectivity index (χ4n) is 10.3. The van der Waals surface area contributed by atoms with Gasteiger partial charge in [-0.15, -0.1) is 0 Å². The number of rotatable bonds is 3. The zero-order valence-electron chi connectivity index (χ0n) is 31.3. The normalized spacial score (nSPS) is 13.6. The molecule has 0 unspecified atom stereocenters. The van der Waals surface area contributed by atoms with Crippen LogP contribution in [-0.2, 0) is 5.41 Å². The Hall–Kier alpha value is -7.76. The first-order chi connectivity index (χ1) is 28.8. The molecule has 0 saturated carbocycles. The van der Waals surface area contributed by atoms with E-state index < -0.39 is 5.41 Å². The van der Waals surface area contributed by atoms with E-state index in [1.54, 1.807) is 0 Å². The van der Waals surface area contributed by atoms with Crippen molar-refractivity contribution in [2.75, 3.05) is 4.90 Å². The molecule has 0 atom stereocenters. The van der Waals surface area contributed by atoms with Crippen LogP contribution in [0.15, 0.2) is 200 Å². The average molecular weight is 740 g/mol. The highest BCUT2D eigenvalue weighted by Crippen LogP contribution is 2.63. The van der Waals surface area contributed by atoms with Crippen molar-refractivity contribution in [1.82, 2.24) is 19.1 Å². The number of aromatic nitrogens is 4. The largest absolute Gasteiger partial charge is 0.310 e. The van der Waals surface area contributed by atoms with Crippen LogP contribution in [0.5, 0.6) is 0 Å². The van der Waals surface area contributed by atoms with Crippen LogP contribution < -0.4 is 4.90 Å². The molecular formula is C53H33N5. The summed E-state index contributed by atoms with van der Waals surface area (Å²) in [5, 5.41) is 4.94. The lowest BCUT2D eigenvalue weighted by atomic mass is 9.67. The summed E-state index contributed by atoms with van der Waals surface area (Å²) in [7, 11) is 0. The third-order valence-corrected chi connectivity index (χ3v) is 12.6. The SMILES string of the molecule is c1ccc(N2c3ccc(-n4c5ccccc5c5ccccc54)cc3C3(c4cc(-n5c6ccccc6c6ccccc65)ccc42)c2ncccc2-c2cccnc23)cc1. The molecule has 0 amide bonds. The van der Waals surface area contributed by atoms with Crippen LogP contribution in [0.3, 0.4) is 0 Å². The summed E-state index contributed by atoms with van der Waals surface area (Å²) in [4.78, 5) is 13.2. The number of nitrogens with zero attached hydrogens (tertiary/aromatic N) is 5. The molecule has 1 aliphatic carbocycles. The van der Waals surface area contributed by atoms with Gasteiger partial charge in [0.2, 0.25) is 0 Å². The fraction of sp³-hybridized carbons (Fsp3) is 0.0189. The minimum Gasteiger partial charge on any atom is -0.310 e. The first kappa shape index (κ1) is 31.4. The lowest BCUT2D eigenvalue weighted by molar-refractivity contribution is 0.699. The summed E-state index contributed by atoms with van der Waals surface area (Å²) in [6.07, 6.45) is 3.89. The standard InChI is InChI=1S/C53H33N5/c1-2-14-34(15-3-1)56-49-28-26-35(57-45-22-8-4-16-37(45)38-17-5-9-23-46(38)57)32-43(49)53(51-41(20-12-30-54-51)42-21-13-31-55-52(42)53)44-33-36(27-29-50(44)56)58-47-24-10-6-18-39(47)40-19-7-11-25-48(40)58/h1-33H. The number of fused-ring (bicyclic) bond motifs is 15. The second-order valence-corrected chi connectivity index (χ2v) is 15.4. The number of benzene rings is 7. The topological polar surface area (TPSA) is 38.9 Å². The van der Waals surface area contributed by atoms with Crippen LogP contribution in [0.25, 0.3) is 66.1 Å². The van der Waals surface area contributed by atoms with Crippen LogP contribution >= 0.6 is 0 Å². The van der Waals surface area contributed by atoms with Gasteiger partial charge >= 0.3 is 0 Å². The highest BCUT2D eigenvalue weighted by atomic mass is 15.2. The predicted molar refractivity (Wildman–Crippen MR) is 236 cm³/mol. The fourth-order valence-corrected chi connectivity index (χ4v) is 10.3. The molecular weight excluding hydrogens is 707 g/mol. The number of pyridine rings is 2. The highest BCUT2D eigenvalue weighted by Gasteiger charge is 2.54. The maximum Gasteiger partial charge on any atom is 0.110 e. The molecule has 5 nitrogen and oxygen atoms in total. The molecule has 1 spiro atoms.